The van der Waals surface area contributed by atoms with Crippen molar-refractivity contribution in [3.8, 4) is 11.8 Å². The van der Waals surface area contributed by atoms with Gasteiger partial charge in [0, 0.05) is 23.9 Å². The summed E-state index contributed by atoms with van der Waals surface area (Å²) in [6, 6.07) is 7.57. The van der Waals surface area contributed by atoms with Crippen LogP contribution in [0, 0.1) is 23.6 Å². The van der Waals surface area contributed by atoms with Crippen molar-refractivity contribution in [3.63, 3.8) is 0 Å². The summed E-state index contributed by atoms with van der Waals surface area (Å²) in [5.41, 5.74) is 2.21. The highest BCUT2D eigenvalue weighted by atomic mass is 19.1. The van der Waals surface area contributed by atoms with Gasteiger partial charge in [0.2, 0.25) is 0 Å². The van der Waals surface area contributed by atoms with Crippen molar-refractivity contribution in [3.05, 3.63) is 65.2 Å². The number of nitrogens with one attached hydrogen (secondary N) is 1. The van der Waals surface area contributed by atoms with Gasteiger partial charge in [0.25, 0.3) is 0 Å². The van der Waals surface area contributed by atoms with Crippen LogP contribution in [0.4, 0.5) is 9.18 Å². The van der Waals surface area contributed by atoms with E-state index in [4.69, 9.17) is 4.74 Å². The molecule has 0 radical (unpaired) electrons. The molecule has 2 fully saturated rings. The summed E-state index contributed by atoms with van der Waals surface area (Å²) in [6.45, 7) is 0. The van der Waals surface area contributed by atoms with Crippen LogP contribution in [0.2, 0.25) is 0 Å². The van der Waals surface area contributed by atoms with Crippen LogP contribution in [-0.2, 0) is 4.74 Å². The second-order valence-corrected chi connectivity index (χ2v) is 6.41. The molecule has 126 valence electrons. The third-order valence-electron chi connectivity index (χ3n) is 4.63. The highest BCUT2D eigenvalue weighted by Crippen LogP contribution is 2.36. The highest BCUT2D eigenvalue weighted by molar-refractivity contribution is 5.71. The molecule has 1 aliphatic carbocycles. The topological polar surface area (TPSA) is 51.2 Å². The first kappa shape index (κ1) is 15.6. The lowest BCUT2D eigenvalue weighted by molar-refractivity contribution is 0.132. The predicted molar refractivity (Wildman–Crippen MR) is 90.0 cm³/mol. The number of hydrogen-bond donors (Lipinski definition) is 1. The fourth-order valence-corrected chi connectivity index (χ4v) is 3.06. The standard InChI is InChI=1S/C20H17FN2O2/c21-17-6-2-5-15(10-17)19-18(23-20(24)25-19)16-9-14(11-22-12-16)8-7-13-3-1-4-13/h2,5-6,9-13,18-19H,1,3-4H2,(H,23,24). The molecule has 2 aromatic rings. The van der Waals surface area contributed by atoms with E-state index >= 15 is 0 Å². The number of halogens is 1. The normalized spacial score (nSPS) is 22.4. The molecule has 0 spiro atoms. The first-order valence-corrected chi connectivity index (χ1v) is 8.38. The van der Waals surface area contributed by atoms with Crippen molar-refractivity contribution in [2.75, 3.05) is 0 Å². The summed E-state index contributed by atoms with van der Waals surface area (Å²) >= 11 is 0. The number of ether oxygens (including phenoxy) is 1. The van der Waals surface area contributed by atoms with Crippen LogP contribution in [0.25, 0.3) is 0 Å². The summed E-state index contributed by atoms with van der Waals surface area (Å²) < 4.78 is 18.9. The van der Waals surface area contributed by atoms with Gasteiger partial charge < -0.3 is 10.1 Å². The van der Waals surface area contributed by atoms with Crippen molar-refractivity contribution in [1.29, 1.82) is 0 Å². The van der Waals surface area contributed by atoms with Crippen LogP contribution in [0.15, 0.2) is 42.7 Å². The minimum Gasteiger partial charge on any atom is -0.439 e. The third-order valence-corrected chi connectivity index (χ3v) is 4.63. The predicted octanol–water partition coefficient (Wildman–Crippen LogP) is 3.89. The van der Waals surface area contributed by atoms with Crippen molar-refractivity contribution in [2.45, 2.75) is 31.4 Å². The molecule has 2 unspecified atom stereocenters. The van der Waals surface area contributed by atoms with Crippen LogP contribution in [0.3, 0.4) is 0 Å². The number of pyridine rings is 1. The molecule has 5 heteroatoms. The Kier molecular flexibility index (Phi) is 4.10. The minimum atomic E-state index is -0.597. The summed E-state index contributed by atoms with van der Waals surface area (Å²) in [4.78, 5) is 16.0. The van der Waals surface area contributed by atoms with Gasteiger partial charge in [-0.15, -0.1) is 0 Å². The molecule has 0 bridgehead atoms. The Morgan fingerprint density at radius 2 is 2.08 bits per heavy atom. The second kappa shape index (κ2) is 6.56. The van der Waals surface area contributed by atoms with E-state index in [0.29, 0.717) is 11.5 Å². The van der Waals surface area contributed by atoms with E-state index in [2.05, 4.69) is 22.1 Å². The van der Waals surface area contributed by atoms with Crippen molar-refractivity contribution in [1.82, 2.24) is 10.3 Å². The minimum absolute atomic E-state index is 0.363. The summed E-state index contributed by atoms with van der Waals surface area (Å²) in [5, 5.41) is 2.78. The quantitative estimate of drug-likeness (QED) is 0.847. The molecule has 1 aromatic heterocycles. The molecular formula is C20H17FN2O2. The van der Waals surface area contributed by atoms with Crippen LogP contribution < -0.4 is 5.32 Å². The fraction of sp³-hybridized carbons (Fsp3) is 0.300. The van der Waals surface area contributed by atoms with Crippen LogP contribution >= 0.6 is 0 Å². The molecule has 1 aromatic carbocycles. The number of benzene rings is 1. The van der Waals surface area contributed by atoms with Gasteiger partial charge in [-0.05, 0) is 42.2 Å². The second-order valence-electron chi connectivity index (χ2n) is 6.41. The number of hydrogen-bond acceptors (Lipinski definition) is 3. The van der Waals surface area contributed by atoms with E-state index in [1.54, 1.807) is 24.5 Å². The van der Waals surface area contributed by atoms with Gasteiger partial charge in [-0.1, -0.05) is 30.4 Å². The smallest absolute Gasteiger partial charge is 0.408 e. The average molecular weight is 336 g/mol. The molecule has 1 amide bonds. The Bertz CT molecular complexity index is 867. The summed E-state index contributed by atoms with van der Waals surface area (Å²) in [5.74, 6) is 6.53. The maximum atomic E-state index is 13.5. The zero-order valence-corrected chi connectivity index (χ0v) is 13.5. The monoisotopic (exact) mass is 336 g/mol. The van der Waals surface area contributed by atoms with Gasteiger partial charge in [0.05, 0.1) is 0 Å². The van der Waals surface area contributed by atoms with Crippen molar-refractivity contribution >= 4 is 6.09 Å². The van der Waals surface area contributed by atoms with E-state index in [-0.39, 0.29) is 5.82 Å². The van der Waals surface area contributed by atoms with Crippen LogP contribution in [0.5, 0.6) is 0 Å². The number of carbonyl (C=O) groups excluding carboxylic acids is 1. The first-order chi connectivity index (χ1) is 12.2. The zero-order chi connectivity index (χ0) is 17.2. The Balaban J connectivity index is 1.62. The van der Waals surface area contributed by atoms with E-state index in [1.165, 1.54) is 18.6 Å². The Labute approximate surface area is 145 Å². The molecule has 1 aliphatic heterocycles. The van der Waals surface area contributed by atoms with Gasteiger partial charge in [0.15, 0.2) is 6.10 Å². The average Bonchev–Trinajstić information content (AvgIpc) is 2.96. The maximum absolute atomic E-state index is 13.5. The van der Waals surface area contributed by atoms with Gasteiger partial charge in [-0.3, -0.25) is 4.98 Å². The van der Waals surface area contributed by atoms with Gasteiger partial charge in [0.1, 0.15) is 11.9 Å². The Hall–Kier alpha value is -2.87. The number of cyclic esters (lactones) is 1. The fourth-order valence-electron chi connectivity index (χ4n) is 3.06. The Morgan fingerprint density at radius 3 is 2.84 bits per heavy atom. The lowest BCUT2D eigenvalue weighted by Gasteiger charge is -2.19. The molecule has 25 heavy (non-hydrogen) atoms. The van der Waals surface area contributed by atoms with E-state index in [1.807, 2.05) is 6.07 Å². The zero-order valence-electron chi connectivity index (χ0n) is 13.5. The van der Waals surface area contributed by atoms with Gasteiger partial charge in [-0.2, -0.15) is 0 Å². The lowest BCUT2D eigenvalue weighted by atomic mass is 9.86. The maximum Gasteiger partial charge on any atom is 0.408 e. The van der Waals surface area contributed by atoms with Crippen LogP contribution in [0.1, 0.15) is 48.1 Å². The molecule has 4 nitrogen and oxygen atoms in total. The van der Waals surface area contributed by atoms with E-state index in [9.17, 15) is 9.18 Å². The number of nitrogens with zero attached hydrogens (tertiary/aromatic N) is 1. The largest absolute Gasteiger partial charge is 0.439 e. The van der Waals surface area contributed by atoms with Gasteiger partial charge in [-0.25, -0.2) is 9.18 Å². The van der Waals surface area contributed by atoms with Crippen molar-refractivity contribution < 1.29 is 13.9 Å². The highest BCUT2D eigenvalue weighted by Gasteiger charge is 2.36. The van der Waals surface area contributed by atoms with Gasteiger partial charge >= 0.3 is 6.09 Å². The summed E-state index contributed by atoms with van der Waals surface area (Å²) in [6.07, 6.45) is 5.84. The molecule has 2 aliphatic rings. The number of alkyl carbamates (subject to hydrolysis) is 1. The first-order valence-electron chi connectivity index (χ1n) is 8.38. The molecule has 2 atom stereocenters. The number of aromatic nitrogens is 1. The van der Waals surface area contributed by atoms with Crippen LogP contribution in [-0.4, -0.2) is 11.1 Å². The lowest BCUT2D eigenvalue weighted by Crippen LogP contribution is -2.20. The molecule has 2 heterocycles. The summed E-state index contributed by atoms with van der Waals surface area (Å²) in [7, 11) is 0. The molecular weight excluding hydrogens is 319 g/mol. The SMILES string of the molecule is O=C1NC(c2cncc(C#CC3CCC3)c2)C(c2cccc(F)c2)O1. The Morgan fingerprint density at radius 1 is 1.20 bits per heavy atom. The van der Waals surface area contributed by atoms with E-state index in [0.717, 1.165) is 24.0 Å². The number of amides is 1. The molecule has 4 rings (SSSR count). The molecule has 1 saturated heterocycles. The number of carbonyl (C=O) groups is 1. The molecule has 1 saturated carbocycles. The molecule has 1 N–H and O–H groups in total. The van der Waals surface area contributed by atoms with E-state index < -0.39 is 18.2 Å². The van der Waals surface area contributed by atoms with Crippen molar-refractivity contribution in [2.24, 2.45) is 5.92 Å². The number of rotatable bonds is 2. The third kappa shape index (κ3) is 3.34.